The standard InChI is InChI=1S/C29H33FN6O2/c1-29(2,3)38-21-16-36(17-21)25(37)11-8-18-6-7-19(14-23(18)30)22-12-13-31-28-26(22)33-27(34-28)24-10-9-20(15-32-24)35(4)5/h6-7,9-10,12-15,21H,8,11,16-17H2,1-5H3,(H,31,33,34). The van der Waals surface area contributed by atoms with Crippen molar-refractivity contribution in [2.75, 3.05) is 32.1 Å². The number of nitrogens with one attached hydrogen (secondary N) is 1. The van der Waals surface area contributed by atoms with E-state index in [-0.39, 0.29) is 29.9 Å². The van der Waals surface area contributed by atoms with E-state index in [0.717, 1.165) is 11.3 Å². The Labute approximate surface area is 221 Å². The predicted molar refractivity (Wildman–Crippen MR) is 146 cm³/mol. The summed E-state index contributed by atoms with van der Waals surface area (Å²) in [6.07, 6.45) is 4.14. The van der Waals surface area contributed by atoms with Gasteiger partial charge in [0.25, 0.3) is 0 Å². The quantitative estimate of drug-likeness (QED) is 0.378. The lowest BCUT2D eigenvalue weighted by Gasteiger charge is -2.42. The van der Waals surface area contributed by atoms with E-state index in [2.05, 4.69) is 19.9 Å². The summed E-state index contributed by atoms with van der Waals surface area (Å²) in [5.74, 6) is 0.288. The number of aromatic amines is 1. The third-order valence-electron chi connectivity index (χ3n) is 6.59. The predicted octanol–water partition coefficient (Wildman–Crippen LogP) is 4.85. The molecule has 4 aromatic rings. The van der Waals surface area contributed by atoms with Crippen LogP contribution in [0.2, 0.25) is 0 Å². The second kappa shape index (κ2) is 10.1. The molecule has 8 nitrogen and oxygen atoms in total. The number of halogens is 1. The van der Waals surface area contributed by atoms with Crippen LogP contribution < -0.4 is 4.90 Å². The zero-order chi connectivity index (χ0) is 27.0. The highest BCUT2D eigenvalue weighted by Crippen LogP contribution is 2.30. The fourth-order valence-corrected chi connectivity index (χ4v) is 4.60. The highest BCUT2D eigenvalue weighted by Gasteiger charge is 2.33. The number of hydrogen-bond donors (Lipinski definition) is 1. The molecular weight excluding hydrogens is 483 g/mol. The van der Waals surface area contributed by atoms with Crippen molar-refractivity contribution in [2.45, 2.75) is 45.3 Å². The minimum absolute atomic E-state index is 0.0234. The van der Waals surface area contributed by atoms with Gasteiger partial charge in [0.15, 0.2) is 11.5 Å². The molecule has 3 aromatic heterocycles. The van der Waals surface area contributed by atoms with Crippen molar-refractivity contribution in [1.29, 1.82) is 0 Å². The number of imidazole rings is 1. The van der Waals surface area contributed by atoms with E-state index in [4.69, 9.17) is 4.74 Å². The zero-order valence-corrected chi connectivity index (χ0v) is 22.5. The Morgan fingerprint density at radius 2 is 1.95 bits per heavy atom. The monoisotopic (exact) mass is 516 g/mol. The number of pyridine rings is 2. The van der Waals surface area contributed by atoms with Crippen molar-refractivity contribution in [1.82, 2.24) is 24.8 Å². The largest absolute Gasteiger partial charge is 0.376 e. The maximum atomic E-state index is 15.1. The van der Waals surface area contributed by atoms with Crippen LogP contribution in [0.1, 0.15) is 32.8 Å². The fraction of sp³-hybridized carbons (Fsp3) is 0.379. The number of rotatable bonds is 7. The van der Waals surface area contributed by atoms with Crippen LogP contribution in [-0.2, 0) is 16.0 Å². The van der Waals surface area contributed by atoms with Crippen LogP contribution in [0, 0.1) is 5.82 Å². The summed E-state index contributed by atoms with van der Waals surface area (Å²) in [5, 5.41) is 0. The molecule has 1 aliphatic heterocycles. The van der Waals surface area contributed by atoms with E-state index >= 15 is 4.39 Å². The Morgan fingerprint density at radius 3 is 2.61 bits per heavy atom. The molecule has 0 bridgehead atoms. The topological polar surface area (TPSA) is 87.2 Å². The first kappa shape index (κ1) is 25.8. The fourth-order valence-electron chi connectivity index (χ4n) is 4.60. The molecule has 5 rings (SSSR count). The number of nitrogens with zero attached hydrogens (tertiary/aromatic N) is 5. The van der Waals surface area contributed by atoms with Crippen LogP contribution in [0.3, 0.4) is 0 Å². The molecule has 38 heavy (non-hydrogen) atoms. The smallest absolute Gasteiger partial charge is 0.223 e. The van der Waals surface area contributed by atoms with Crippen molar-refractivity contribution in [3.05, 3.63) is 60.2 Å². The van der Waals surface area contributed by atoms with E-state index in [9.17, 15) is 4.79 Å². The molecule has 1 aromatic carbocycles. The van der Waals surface area contributed by atoms with Gasteiger partial charge in [0.1, 0.15) is 11.5 Å². The molecule has 0 saturated carbocycles. The van der Waals surface area contributed by atoms with Gasteiger partial charge in [-0.05, 0) is 62.6 Å². The van der Waals surface area contributed by atoms with Gasteiger partial charge in [-0.25, -0.2) is 14.4 Å². The SMILES string of the molecule is CN(C)c1ccc(-c2nc3nccc(-c4ccc(CCC(=O)N5CC(OC(C)(C)C)C5)c(F)c4)c3[nH]2)nc1. The lowest BCUT2D eigenvalue weighted by Crippen LogP contribution is -2.56. The molecule has 1 fully saturated rings. The Balaban J connectivity index is 1.28. The molecular formula is C29H33FN6O2. The number of carbonyl (C=O) groups excluding carboxylic acids is 1. The van der Waals surface area contributed by atoms with Gasteiger partial charge >= 0.3 is 0 Å². The van der Waals surface area contributed by atoms with Crippen molar-refractivity contribution in [3.8, 4) is 22.6 Å². The van der Waals surface area contributed by atoms with Crippen LogP contribution in [-0.4, -0.2) is 69.6 Å². The number of aryl methyl sites for hydroxylation is 1. The Bertz CT molecular complexity index is 1450. The molecule has 9 heteroatoms. The first-order valence-electron chi connectivity index (χ1n) is 12.8. The van der Waals surface area contributed by atoms with Gasteiger partial charge < -0.3 is 19.5 Å². The summed E-state index contributed by atoms with van der Waals surface area (Å²) in [7, 11) is 3.92. The number of fused-ring (bicyclic) bond motifs is 1. The number of H-pyrrole nitrogens is 1. The molecule has 1 N–H and O–H groups in total. The van der Waals surface area contributed by atoms with Gasteiger partial charge in [0, 0.05) is 45.4 Å². The number of likely N-dealkylation sites (tertiary alicyclic amines) is 1. The Hall–Kier alpha value is -3.85. The van der Waals surface area contributed by atoms with Crippen LogP contribution in [0.15, 0.2) is 48.8 Å². The molecule has 0 spiro atoms. The number of aromatic nitrogens is 4. The molecule has 4 heterocycles. The molecule has 1 aliphatic rings. The zero-order valence-electron chi connectivity index (χ0n) is 22.5. The van der Waals surface area contributed by atoms with E-state index in [0.29, 0.717) is 53.3 Å². The summed E-state index contributed by atoms with van der Waals surface area (Å²) in [5.41, 5.74) is 4.74. The van der Waals surface area contributed by atoms with Crippen LogP contribution >= 0.6 is 0 Å². The summed E-state index contributed by atoms with van der Waals surface area (Å²) >= 11 is 0. The highest BCUT2D eigenvalue weighted by molar-refractivity contribution is 5.91. The summed E-state index contributed by atoms with van der Waals surface area (Å²) in [4.78, 5) is 33.1. The van der Waals surface area contributed by atoms with Crippen molar-refractivity contribution < 1.29 is 13.9 Å². The summed E-state index contributed by atoms with van der Waals surface area (Å²) in [6.45, 7) is 7.21. The highest BCUT2D eigenvalue weighted by atomic mass is 19.1. The molecule has 0 atom stereocenters. The lowest BCUT2D eigenvalue weighted by molar-refractivity contribution is -0.157. The summed E-state index contributed by atoms with van der Waals surface area (Å²) < 4.78 is 21.0. The first-order valence-corrected chi connectivity index (χ1v) is 12.8. The number of amides is 1. The maximum Gasteiger partial charge on any atom is 0.223 e. The Morgan fingerprint density at radius 1 is 1.16 bits per heavy atom. The van der Waals surface area contributed by atoms with Gasteiger partial charge in [-0.15, -0.1) is 0 Å². The average Bonchev–Trinajstić information content (AvgIpc) is 3.29. The third-order valence-corrected chi connectivity index (χ3v) is 6.59. The maximum absolute atomic E-state index is 15.1. The molecule has 1 saturated heterocycles. The average molecular weight is 517 g/mol. The second-order valence-corrected chi connectivity index (χ2v) is 10.9. The molecule has 0 aliphatic carbocycles. The molecule has 0 radical (unpaired) electrons. The number of ether oxygens (including phenoxy) is 1. The number of anilines is 1. The molecule has 198 valence electrons. The van der Waals surface area contributed by atoms with Gasteiger partial charge in [-0.3, -0.25) is 9.78 Å². The van der Waals surface area contributed by atoms with Crippen molar-refractivity contribution >= 4 is 22.8 Å². The van der Waals surface area contributed by atoms with E-state index in [1.54, 1.807) is 23.4 Å². The minimum Gasteiger partial charge on any atom is -0.376 e. The number of carbonyl (C=O) groups is 1. The lowest BCUT2D eigenvalue weighted by atomic mass is 10.0. The first-order chi connectivity index (χ1) is 18.1. The van der Waals surface area contributed by atoms with Crippen molar-refractivity contribution in [2.24, 2.45) is 0 Å². The van der Waals surface area contributed by atoms with Crippen LogP contribution in [0.5, 0.6) is 0 Å². The third kappa shape index (κ3) is 5.52. The Kier molecular flexibility index (Phi) is 6.88. The van der Waals surface area contributed by atoms with Gasteiger partial charge in [-0.2, -0.15) is 0 Å². The van der Waals surface area contributed by atoms with E-state index in [1.165, 1.54) is 6.07 Å². The van der Waals surface area contributed by atoms with Crippen LogP contribution in [0.4, 0.5) is 10.1 Å². The number of hydrogen-bond acceptors (Lipinski definition) is 6. The van der Waals surface area contributed by atoms with E-state index in [1.807, 2.05) is 64.0 Å². The second-order valence-electron chi connectivity index (χ2n) is 10.9. The van der Waals surface area contributed by atoms with Gasteiger partial charge in [0.05, 0.1) is 29.1 Å². The minimum atomic E-state index is -0.335. The van der Waals surface area contributed by atoms with Gasteiger partial charge in [0.2, 0.25) is 5.91 Å². The van der Waals surface area contributed by atoms with Crippen molar-refractivity contribution in [3.63, 3.8) is 0 Å². The van der Waals surface area contributed by atoms with E-state index < -0.39 is 0 Å². The normalized spacial score (nSPS) is 14.1. The number of benzene rings is 1. The van der Waals surface area contributed by atoms with Gasteiger partial charge in [-0.1, -0.05) is 12.1 Å². The van der Waals surface area contributed by atoms with Crippen LogP contribution in [0.25, 0.3) is 33.8 Å². The molecule has 0 unspecified atom stereocenters. The summed E-state index contributed by atoms with van der Waals surface area (Å²) in [6, 6.07) is 10.9. The molecule has 1 amide bonds.